The third-order valence-corrected chi connectivity index (χ3v) is 9.25. The number of carbonyl (C=O) groups is 3. The maximum absolute atomic E-state index is 14.6. The van der Waals surface area contributed by atoms with Gasteiger partial charge in [0, 0.05) is 23.1 Å². The highest BCUT2D eigenvalue weighted by molar-refractivity contribution is 7.12. The van der Waals surface area contributed by atoms with E-state index in [1.165, 1.54) is 11.3 Å². The van der Waals surface area contributed by atoms with E-state index in [4.69, 9.17) is 0 Å². The van der Waals surface area contributed by atoms with Crippen molar-refractivity contribution in [2.45, 2.75) is 31.3 Å². The Labute approximate surface area is 230 Å². The van der Waals surface area contributed by atoms with Crippen molar-refractivity contribution in [2.24, 2.45) is 5.92 Å². The first-order valence-corrected chi connectivity index (χ1v) is 13.8. The third-order valence-electron chi connectivity index (χ3n) is 8.36. The molecule has 4 atom stereocenters. The van der Waals surface area contributed by atoms with Crippen LogP contribution < -0.4 is 10.2 Å². The Bertz CT molecular complexity index is 1690. The van der Waals surface area contributed by atoms with Crippen molar-refractivity contribution in [2.75, 3.05) is 10.2 Å². The molecule has 39 heavy (non-hydrogen) atoms. The molecule has 0 radical (unpaired) electrons. The third kappa shape index (κ3) is 3.20. The van der Waals surface area contributed by atoms with E-state index < -0.39 is 23.4 Å². The predicted molar refractivity (Wildman–Crippen MR) is 152 cm³/mol. The number of benzene rings is 2. The van der Waals surface area contributed by atoms with Crippen molar-refractivity contribution in [1.82, 2.24) is 4.98 Å². The lowest BCUT2D eigenvalue weighted by atomic mass is 9.64. The molecular formula is C32H25N3O3S. The normalized spacial score (nSPS) is 24.6. The van der Waals surface area contributed by atoms with Gasteiger partial charge in [-0.2, -0.15) is 0 Å². The molecular weight excluding hydrogens is 506 g/mol. The largest absolute Gasteiger partial charge is 0.352 e. The molecule has 0 saturated carbocycles. The quantitative estimate of drug-likeness (QED) is 0.342. The van der Waals surface area contributed by atoms with Gasteiger partial charge in [0.2, 0.25) is 5.91 Å². The minimum atomic E-state index is -1.33. The van der Waals surface area contributed by atoms with Crippen LogP contribution in [0, 0.1) is 12.8 Å². The van der Waals surface area contributed by atoms with Gasteiger partial charge in [-0.25, -0.2) is 0 Å². The summed E-state index contributed by atoms with van der Waals surface area (Å²) in [5.41, 5.74) is 4.29. The van der Waals surface area contributed by atoms with Crippen LogP contribution in [-0.4, -0.2) is 34.5 Å². The van der Waals surface area contributed by atoms with E-state index in [0.29, 0.717) is 10.6 Å². The summed E-state index contributed by atoms with van der Waals surface area (Å²) in [6, 6.07) is 21.0. The molecule has 1 saturated heterocycles. The van der Waals surface area contributed by atoms with E-state index in [1.807, 2.05) is 66.6 Å². The Kier molecular flexibility index (Phi) is 5.22. The number of carbonyl (C=O) groups excluding carboxylic acids is 3. The lowest BCUT2D eigenvalue weighted by Gasteiger charge is -2.39. The van der Waals surface area contributed by atoms with Gasteiger partial charge in [-0.1, -0.05) is 48.0 Å². The van der Waals surface area contributed by atoms with Crippen LogP contribution >= 0.6 is 11.3 Å². The topological polar surface area (TPSA) is 79.4 Å². The number of Topliss-reactive ketones (excluding diaryl/α,β-unsaturated/α-hetero) is 2. The lowest BCUT2D eigenvalue weighted by Crippen LogP contribution is -2.51. The van der Waals surface area contributed by atoms with Crippen molar-refractivity contribution in [3.05, 3.63) is 118 Å². The smallest absolute Gasteiger partial charge is 0.238 e. The Hall–Kier alpha value is -4.36. The Morgan fingerprint density at radius 2 is 1.79 bits per heavy atom. The van der Waals surface area contributed by atoms with Crippen molar-refractivity contribution in [3.8, 4) is 0 Å². The first-order valence-electron chi connectivity index (χ1n) is 12.9. The van der Waals surface area contributed by atoms with Gasteiger partial charge in [-0.15, -0.1) is 11.3 Å². The summed E-state index contributed by atoms with van der Waals surface area (Å²) >= 11 is 1.35. The zero-order chi connectivity index (χ0) is 26.9. The van der Waals surface area contributed by atoms with Crippen molar-refractivity contribution in [1.29, 1.82) is 0 Å². The van der Waals surface area contributed by atoms with Crippen LogP contribution in [-0.2, 0) is 10.2 Å². The Balaban J connectivity index is 1.57. The maximum Gasteiger partial charge on any atom is 0.238 e. The summed E-state index contributed by atoms with van der Waals surface area (Å²) in [5, 5.41) is 4.93. The van der Waals surface area contributed by atoms with Gasteiger partial charge in [0.25, 0.3) is 0 Å². The second kappa shape index (κ2) is 8.58. The maximum atomic E-state index is 14.6. The molecule has 3 aliphatic heterocycles. The minimum Gasteiger partial charge on any atom is -0.352 e. The molecule has 7 heteroatoms. The van der Waals surface area contributed by atoms with Gasteiger partial charge in [0.05, 0.1) is 16.8 Å². The molecule has 0 aliphatic carbocycles. The monoisotopic (exact) mass is 531 g/mol. The zero-order valence-electron chi connectivity index (χ0n) is 21.4. The van der Waals surface area contributed by atoms with E-state index >= 15 is 0 Å². The second-order valence-corrected chi connectivity index (χ2v) is 11.4. The molecule has 4 aromatic rings. The molecule has 1 spiro atoms. The highest BCUT2D eigenvalue weighted by Crippen LogP contribution is 2.58. The molecule has 7 rings (SSSR count). The number of pyridine rings is 1. The fraction of sp³-hybridized carbons (Fsp3) is 0.188. The molecule has 6 nitrogen and oxygen atoms in total. The Morgan fingerprint density at radius 3 is 2.56 bits per heavy atom. The van der Waals surface area contributed by atoms with E-state index in [-0.39, 0.29) is 23.2 Å². The number of nitrogens with one attached hydrogen (secondary N) is 1. The molecule has 1 fully saturated rings. The Morgan fingerprint density at radius 1 is 0.974 bits per heavy atom. The van der Waals surface area contributed by atoms with Crippen LogP contribution in [0.3, 0.4) is 0 Å². The van der Waals surface area contributed by atoms with Crippen LogP contribution in [0.2, 0.25) is 0 Å². The number of ketones is 2. The van der Waals surface area contributed by atoms with Gasteiger partial charge >= 0.3 is 0 Å². The van der Waals surface area contributed by atoms with Crippen LogP contribution in [0.15, 0.2) is 90.4 Å². The van der Waals surface area contributed by atoms with E-state index in [0.717, 1.165) is 28.0 Å². The molecule has 1 amide bonds. The average Bonchev–Trinajstić information content (AvgIpc) is 3.66. The van der Waals surface area contributed by atoms with Crippen LogP contribution in [0.1, 0.15) is 43.8 Å². The number of amides is 1. The van der Waals surface area contributed by atoms with Gasteiger partial charge in [0.1, 0.15) is 17.2 Å². The average molecular weight is 532 g/mol. The van der Waals surface area contributed by atoms with Gasteiger partial charge in [-0.3, -0.25) is 19.4 Å². The molecule has 4 unspecified atom stereocenters. The molecule has 1 N–H and O–H groups in total. The predicted octanol–water partition coefficient (Wildman–Crippen LogP) is 5.70. The number of fused-ring (bicyclic) bond motifs is 6. The van der Waals surface area contributed by atoms with Gasteiger partial charge < -0.3 is 10.2 Å². The van der Waals surface area contributed by atoms with E-state index in [9.17, 15) is 14.4 Å². The van der Waals surface area contributed by atoms with Crippen LogP contribution in [0.4, 0.5) is 11.4 Å². The first kappa shape index (κ1) is 23.7. The number of nitrogens with zero attached hydrogens (tertiary/aromatic N) is 2. The molecule has 5 heterocycles. The summed E-state index contributed by atoms with van der Waals surface area (Å²) in [6.45, 7) is 4.07. The molecule has 3 aliphatic rings. The summed E-state index contributed by atoms with van der Waals surface area (Å²) < 4.78 is 0. The fourth-order valence-corrected chi connectivity index (χ4v) is 7.48. The highest BCUT2D eigenvalue weighted by atomic mass is 32.1. The summed E-state index contributed by atoms with van der Waals surface area (Å²) in [4.78, 5) is 50.4. The summed E-state index contributed by atoms with van der Waals surface area (Å²) in [5.74, 6) is -1.76. The molecule has 2 aromatic carbocycles. The number of allylic oxidation sites excluding steroid dienone is 1. The number of hydrogen-bond donors (Lipinski definition) is 1. The number of anilines is 2. The van der Waals surface area contributed by atoms with Crippen molar-refractivity contribution < 1.29 is 14.4 Å². The lowest BCUT2D eigenvalue weighted by molar-refractivity contribution is -0.121. The van der Waals surface area contributed by atoms with E-state index in [2.05, 4.69) is 22.4 Å². The molecule has 2 aromatic heterocycles. The molecule has 0 bridgehead atoms. The van der Waals surface area contributed by atoms with Crippen molar-refractivity contribution >= 4 is 45.8 Å². The minimum absolute atomic E-state index is 0.169. The number of aryl methyl sites for hydroxylation is 1. The van der Waals surface area contributed by atoms with Crippen LogP contribution in [0.5, 0.6) is 0 Å². The summed E-state index contributed by atoms with van der Waals surface area (Å²) in [7, 11) is 0. The first-order chi connectivity index (χ1) is 18.9. The highest BCUT2D eigenvalue weighted by Gasteiger charge is 2.70. The van der Waals surface area contributed by atoms with E-state index in [1.54, 1.807) is 30.5 Å². The standard InChI is InChI=1S/C32H25N3O3S/c1-18-12-13-24-20(16-18)19(2)17-26-32(21-8-3-4-9-22(21)34-31(32)38)27(29(36)23-10-5-6-14-33-23)28(35(24)26)30(37)25-11-7-15-39-25/h3-17,26-28H,1-2H3,(H,34,38). The molecule has 192 valence electrons. The number of hydrogen-bond acceptors (Lipinski definition) is 6. The number of para-hydroxylation sites is 1. The van der Waals surface area contributed by atoms with Gasteiger partial charge in [-0.05, 0) is 66.8 Å². The van der Waals surface area contributed by atoms with Crippen LogP contribution in [0.25, 0.3) is 5.57 Å². The number of thiophene rings is 1. The van der Waals surface area contributed by atoms with Crippen molar-refractivity contribution in [3.63, 3.8) is 0 Å². The van der Waals surface area contributed by atoms with Gasteiger partial charge in [0.15, 0.2) is 11.6 Å². The SMILES string of the molecule is CC1=CC2N(c3ccc(C)cc31)C(C(=O)c1cccs1)C(C(=O)c1ccccn1)C21C(=O)Nc2ccccc21. The number of rotatable bonds is 4. The fourth-order valence-electron chi connectivity index (χ4n) is 6.78. The summed E-state index contributed by atoms with van der Waals surface area (Å²) in [6.07, 6.45) is 3.65. The zero-order valence-corrected chi connectivity index (χ0v) is 22.2. The second-order valence-electron chi connectivity index (χ2n) is 10.4. The number of aromatic nitrogens is 1.